The summed E-state index contributed by atoms with van der Waals surface area (Å²) in [6.45, 7) is 3.69. The third-order valence-corrected chi connectivity index (χ3v) is 4.89. The Bertz CT molecular complexity index is 688. The van der Waals surface area contributed by atoms with Gasteiger partial charge in [-0.1, -0.05) is 0 Å². The average molecular weight is 328 g/mol. The van der Waals surface area contributed by atoms with Crippen molar-refractivity contribution in [3.05, 3.63) is 24.2 Å². The zero-order valence-corrected chi connectivity index (χ0v) is 13.9. The first-order valence-electron chi connectivity index (χ1n) is 8.85. The molecule has 24 heavy (non-hydrogen) atoms. The van der Waals surface area contributed by atoms with Crippen molar-refractivity contribution in [2.45, 2.75) is 38.3 Å². The second kappa shape index (κ2) is 6.86. The van der Waals surface area contributed by atoms with Crippen molar-refractivity contribution in [2.75, 3.05) is 31.1 Å². The van der Waals surface area contributed by atoms with Gasteiger partial charge in [0.05, 0.1) is 30.7 Å². The SMILES string of the molecule is OCCn1ncc(-c2ccnc(N3CCCC3)n2)c1C1CCCN1. The van der Waals surface area contributed by atoms with Crippen LogP contribution in [0.2, 0.25) is 0 Å². The predicted octanol–water partition coefficient (Wildman–Crippen LogP) is 1.36. The number of hydrogen-bond acceptors (Lipinski definition) is 6. The van der Waals surface area contributed by atoms with Gasteiger partial charge < -0.3 is 15.3 Å². The largest absolute Gasteiger partial charge is 0.394 e. The van der Waals surface area contributed by atoms with Crippen molar-refractivity contribution in [3.8, 4) is 11.3 Å². The minimum absolute atomic E-state index is 0.0869. The minimum atomic E-state index is 0.0869. The van der Waals surface area contributed by atoms with Gasteiger partial charge in [0, 0.05) is 30.9 Å². The normalized spacial score (nSPS) is 20.9. The van der Waals surface area contributed by atoms with Gasteiger partial charge in [-0.15, -0.1) is 0 Å². The quantitative estimate of drug-likeness (QED) is 0.863. The Morgan fingerprint density at radius 1 is 1.25 bits per heavy atom. The van der Waals surface area contributed by atoms with Crippen LogP contribution in [-0.4, -0.2) is 51.1 Å². The summed E-state index contributed by atoms with van der Waals surface area (Å²) in [6.07, 6.45) is 8.39. The molecule has 0 saturated carbocycles. The summed E-state index contributed by atoms with van der Waals surface area (Å²) in [5.74, 6) is 0.810. The molecule has 0 bridgehead atoms. The highest BCUT2D eigenvalue weighted by Crippen LogP contribution is 2.32. The van der Waals surface area contributed by atoms with Crippen molar-refractivity contribution < 1.29 is 5.11 Å². The molecule has 1 unspecified atom stereocenters. The molecular weight excluding hydrogens is 304 g/mol. The highest BCUT2D eigenvalue weighted by molar-refractivity contribution is 5.63. The van der Waals surface area contributed by atoms with Crippen LogP contribution in [0.1, 0.15) is 37.4 Å². The number of rotatable bonds is 5. The molecule has 128 valence electrons. The lowest BCUT2D eigenvalue weighted by Gasteiger charge is -2.17. The lowest BCUT2D eigenvalue weighted by atomic mass is 10.1. The van der Waals surface area contributed by atoms with Crippen LogP contribution in [0.25, 0.3) is 11.3 Å². The Labute approximate surface area is 141 Å². The molecule has 2 aromatic heterocycles. The Kier molecular flexibility index (Phi) is 4.44. The topological polar surface area (TPSA) is 79.1 Å². The van der Waals surface area contributed by atoms with Gasteiger partial charge in [-0.05, 0) is 38.3 Å². The summed E-state index contributed by atoms with van der Waals surface area (Å²) in [4.78, 5) is 11.5. The van der Waals surface area contributed by atoms with Crippen molar-refractivity contribution in [1.29, 1.82) is 0 Å². The van der Waals surface area contributed by atoms with Gasteiger partial charge in [0.15, 0.2) is 0 Å². The molecule has 0 aliphatic carbocycles. The number of nitrogens with one attached hydrogen (secondary N) is 1. The van der Waals surface area contributed by atoms with Crippen LogP contribution in [-0.2, 0) is 6.54 Å². The highest BCUT2D eigenvalue weighted by Gasteiger charge is 2.25. The van der Waals surface area contributed by atoms with Crippen molar-refractivity contribution in [1.82, 2.24) is 25.1 Å². The van der Waals surface area contributed by atoms with Crippen LogP contribution in [0.15, 0.2) is 18.5 Å². The highest BCUT2D eigenvalue weighted by atomic mass is 16.3. The van der Waals surface area contributed by atoms with Gasteiger partial charge in [0.1, 0.15) is 0 Å². The maximum absolute atomic E-state index is 9.34. The first kappa shape index (κ1) is 15.5. The molecule has 7 heteroatoms. The van der Waals surface area contributed by atoms with E-state index in [9.17, 15) is 5.11 Å². The van der Waals surface area contributed by atoms with Crippen LogP contribution in [0.3, 0.4) is 0 Å². The van der Waals surface area contributed by atoms with Crippen LogP contribution in [0.4, 0.5) is 5.95 Å². The average Bonchev–Trinajstić information content (AvgIpc) is 3.36. The lowest BCUT2D eigenvalue weighted by Crippen LogP contribution is -2.21. The number of nitrogens with zero attached hydrogens (tertiary/aromatic N) is 5. The Morgan fingerprint density at radius 3 is 2.88 bits per heavy atom. The predicted molar refractivity (Wildman–Crippen MR) is 91.8 cm³/mol. The van der Waals surface area contributed by atoms with E-state index in [-0.39, 0.29) is 12.6 Å². The maximum Gasteiger partial charge on any atom is 0.225 e. The molecule has 7 nitrogen and oxygen atoms in total. The van der Waals surface area contributed by atoms with E-state index in [1.54, 1.807) is 0 Å². The van der Waals surface area contributed by atoms with E-state index >= 15 is 0 Å². The van der Waals surface area contributed by atoms with E-state index in [4.69, 9.17) is 4.98 Å². The molecule has 2 aliphatic heterocycles. The molecule has 4 heterocycles. The fraction of sp³-hybridized carbons (Fsp3) is 0.588. The third kappa shape index (κ3) is 2.89. The minimum Gasteiger partial charge on any atom is -0.394 e. The van der Waals surface area contributed by atoms with Gasteiger partial charge in [0.2, 0.25) is 5.95 Å². The number of anilines is 1. The molecule has 0 amide bonds. The number of aromatic nitrogens is 4. The summed E-state index contributed by atoms with van der Waals surface area (Å²) in [6, 6.07) is 2.23. The molecule has 0 spiro atoms. The molecule has 2 N–H and O–H groups in total. The monoisotopic (exact) mass is 328 g/mol. The fourth-order valence-corrected chi connectivity index (χ4v) is 3.72. The van der Waals surface area contributed by atoms with Crippen LogP contribution in [0, 0.1) is 0 Å². The Balaban J connectivity index is 1.71. The van der Waals surface area contributed by atoms with Gasteiger partial charge in [-0.25, -0.2) is 9.97 Å². The van der Waals surface area contributed by atoms with E-state index in [2.05, 4.69) is 20.3 Å². The van der Waals surface area contributed by atoms with Crippen molar-refractivity contribution in [3.63, 3.8) is 0 Å². The van der Waals surface area contributed by atoms with Crippen molar-refractivity contribution in [2.24, 2.45) is 0 Å². The molecule has 2 aromatic rings. The number of aliphatic hydroxyl groups is 1. The van der Waals surface area contributed by atoms with Gasteiger partial charge in [-0.2, -0.15) is 5.10 Å². The van der Waals surface area contributed by atoms with E-state index in [1.165, 1.54) is 12.8 Å². The molecular formula is C17H24N6O. The van der Waals surface area contributed by atoms with Gasteiger partial charge in [-0.3, -0.25) is 4.68 Å². The van der Waals surface area contributed by atoms with Gasteiger partial charge >= 0.3 is 0 Å². The first-order valence-corrected chi connectivity index (χ1v) is 8.85. The maximum atomic E-state index is 9.34. The van der Waals surface area contributed by atoms with Crippen LogP contribution < -0.4 is 10.2 Å². The zero-order chi connectivity index (χ0) is 16.4. The fourth-order valence-electron chi connectivity index (χ4n) is 3.72. The molecule has 2 fully saturated rings. The number of hydrogen-bond donors (Lipinski definition) is 2. The van der Waals surface area contributed by atoms with Gasteiger partial charge in [0.25, 0.3) is 0 Å². The molecule has 0 aromatic carbocycles. The molecule has 2 aliphatic rings. The molecule has 4 rings (SSSR count). The second-order valence-electron chi connectivity index (χ2n) is 6.48. The van der Waals surface area contributed by atoms with E-state index in [0.717, 1.165) is 55.4 Å². The van der Waals surface area contributed by atoms with E-state index in [1.807, 2.05) is 23.1 Å². The zero-order valence-electron chi connectivity index (χ0n) is 13.9. The van der Waals surface area contributed by atoms with Crippen LogP contribution >= 0.6 is 0 Å². The third-order valence-electron chi connectivity index (χ3n) is 4.89. The van der Waals surface area contributed by atoms with E-state index in [0.29, 0.717) is 6.54 Å². The summed E-state index contributed by atoms with van der Waals surface area (Å²) in [7, 11) is 0. The Morgan fingerprint density at radius 2 is 2.12 bits per heavy atom. The number of aliphatic hydroxyl groups excluding tert-OH is 1. The summed E-state index contributed by atoms with van der Waals surface area (Å²) >= 11 is 0. The smallest absolute Gasteiger partial charge is 0.225 e. The summed E-state index contributed by atoms with van der Waals surface area (Å²) in [5, 5.41) is 17.4. The standard InChI is InChI=1S/C17H24N6O/c24-11-10-23-16(15-4-3-6-18-15)13(12-20-23)14-5-7-19-17(21-14)22-8-1-2-9-22/h5,7,12,15,18,24H,1-4,6,8-11H2. The summed E-state index contributed by atoms with van der Waals surface area (Å²) < 4.78 is 1.91. The van der Waals surface area contributed by atoms with E-state index < -0.39 is 0 Å². The first-order chi connectivity index (χ1) is 11.9. The van der Waals surface area contributed by atoms with Crippen LogP contribution in [0.5, 0.6) is 0 Å². The summed E-state index contributed by atoms with van der Waals surface area (Å²) in [5.41, 5.74) is 3.10. The lowest BCUT2D eigenvalue weighted by molar-refractivity contribution is 0.265. The molecule has 0 radical (unpaired) electrons. The molecule has 2 saturated heterocycles. The Hall–Kier alpha value is -1.99. The van der Waals surface area contributed by atoms with Crippen molar-refractivity contribution >= 4 is 5.95 Å². The molecule has 1 atom stereocenters. The second-order valence-corrected chi connectivity index (χ2v) is 6.48.